The Labute approximate surface area is 277 Å². The molecule has 5 unspecified atom stereocenters. The number of aliphatic hydroxyl groups is 1. The highest BCUT2D eigenvalue weighted by Gasteiger charge is 2.39. The summed E-state index contributed by atoms with van der Waals surface area (Å²) in [6.45, 7) is 5.39. The first-order chi connectivity index (χ1) is 22.7. The molecule has 1 saturated heterocycles. The average molecular weight is 637 g/mol. The Hall–Kier alpha value is -4.34. The van der Waals surface area contributed by atoms with Crippen molar-refractivity contribution in [2.75, 3.05) is 13.6 Å². The van der Waals surface area contributed by atoms with Crippen molar-refractivity contribution in [1.82, 2.24) is 10.2 Å². The maximum Gasteiger partial charge on any atom is 0.303 e. The molecule has 1 aliphatic rings. The third-order valence-electron chi connectivity index (χ3n) is 9.09. The first-order valence-corrected chi connectivity index (χ1v) is 16.2. The maximum atomic E-state index is 12.2. The number of benzene rings is 4. The van der Waals surface area contributed by atoms with Gasteiger partial charge >= 0.3 is 5.97 Å². The molecule has 5 rings (SSSR count). The number of carbonyl (C=O) groups excluding carboxylic acids is 1. The van der Waals surface area contributed by atoms with Crippen molar-refractivity contribution in [3.8, 4) is 11.1 Å². The number of ether oxygens (including phenoxy) is 2. The van der Waals surface area contributed by atoms with Crippen LogP contribution in [0.1, 0.15) is 72.9 Å². The highest BCUT2D eigenvalue weighted by Crippen LogP contribution is 2.42. The van der Waals surface area contributed by atoms with Crippen LogP contribution in [0.15, 0.2) is 103 Å². The molecular weight excluding hydrogens is 592 g/mol. The zero-order valence-electron chi connectivity index (χ0n) is 27.2. The lowest BCUT2D eigenvalue weighted by molar-refractivity contribution is -0.276. The number of aliphatic carboxylic acids is 1. The minimum atomic E-state index is -0.993. The standard InChI is InChI=1S/C39H44N2O6/c1-26-35(24-41(3)27(2)29-9-5-4-6-10-29)46-39(47-38(26)31-15-13-28(25-42)14-16-31)32-19-17-30(18-20-32)34-12-8-7-11-33(34)23-40-36(43)21-22-37(44)45/h4-20,26-27,35,38-39,42H,21-25H2,1-3H3,(H,40,43)(H,44,45). The van der Waals surface area contributed by atoms with Gasteiger partial charge in [-0.15, -0.1) is 0 Å². The Kier molecular flexibility index (Phi) is 11.6. The summed E-state index contributed by atoms with van der Waals surface area (Å²) in [6.07, 6.45) is -1.16. The molecule has 5 atom stereocenters. The summed E-state index contributed by atoms with van der Waals surface area (Å²) >= 11 is 0. The number of nitrogens with zero attached hydrogens (tertiary/aromatic N) is 1. The number of nitrogens with one attached hydrogen (secondary N) is 1. The Balaban J connectivity index is 1.36. The second kappa shape index (κ2) is 16.0. The van der Waals surface area contributed by atoms with Gasteiger partial charge in [-0.3, -0.25) is 14.5 Å². The van der Waals surface area contributed by atoms with Crippen LogP contribution in [0, 0.1) is 5.92 Å². The van der Waals surface area contributed by atoms with Gasteiger partial charge in [-0.1, -0.05) is 110 Å². The predicted molar refractivity (Wildman–Crippen MR) is 181 cm³/mol. The summed E-state index contributed by atoms with van der Waals surface area (Å²) in [5, 5.41) is 21.3. The molecule has 1 amide bonds. The molecule has 0 radical (unpaired) electrons. The van der Waals surface area contributed by atoms with Gasteiger partial charge in [0, 0.05) is 37.0 Å². The number of rotatable bonds is 13. The van der Waals surface area contributed by atoms with E-state index in [4.69, 9.17) is 14.6 Å². The molecule has 246 valence electrons. The van der Waals surface area contributed by atoms with E-state index in [2.05, 4.69) is 55.4 Å². The average Bonchev–Trinajstić information content (AvgIpc) is 3.11. The maximum absolute atomic E-state index is 12.2. The number of carboxylic acids is 1. The van der Waals surface area contributed by atoms with E-state index in [1.807, 2.05) is 78.9 Å². The molecule has 8 heteroatoms. The molecule has 0 aromatic heterocycles. The Morgan fingerprint density at radius 3 is 2.19 bits per heavy atom. The third kappa shape index (κ3) is 8.73. The molecule has 1 fully saturated rings. The predicted octanol–water partition coefficient (Wildman–Crippen LogP) is 6.81. The van der Waals surface area contributed by atoms with E-state index in [0.717, 1.165) is 33.4 Å². The van der Waals surface area contributed by atoms with Crippen molar-refractivity contribution in [3.05, 3.63) is 131 Å². The molecule has 1 heterocycles. The summed E-state index contributed by atoms with van der Waals surface area (Å²) < 4.78 is 13.4. The van der Waals surface area contributed by atoms with E-state index < -0.39 is 12.3 Å². The molecule has 3 N–H and O–H groups in total. The molecule has 0 saturated carbocycles. The Bertz CT molecular complexity index is 1610. The fraction of sp³-hybridized carbons (Fsp3) is 0.333. The number of likely N-dealkylation sites (N-methyl/N-ethyl adjacent to an activating group) is 1. The van der Waals surface area contributed by atoms with Gasteiger partial charge in [-0.2, -0.15) is 0 Å². The van der Waals surface area contributed by atoms with Crippen LogP contribution in [0.4, 0.5) is 0 Å². The number of carboxylic acid groups (broad SMARTS) is 1. The zero-order valence-corrected chi connectivity index (χ0v) is 27.2. The van der Waals surface area contributed by atoms with Gasteiger partial charge in [0.05, 0.1) is 25.2 Å². The molecule has 47 heavy (non-hydrogen) atoms. The van der Waals surface area contributed by atoms with Gasteiger partial charge in [-0.25, -0.2) is 0 Å². The van der Waals surface area contributed by atoms with Gasteiger partial charge in [0.25, 0.3) is 0 Å². The van der Waals surface area contributed by atoms with Crippen LogP contribution in [0.25, 0.3) is 11.1 Å². The van der Waals surface area contributed by atoms with Crippen LogP contribution in [-0.2, 0) is 32.2 Å². The van der Waals surface area contributed by atoms with Crippen LogP contribution < -0.4 is 5.32 Å². The number of aliphatic hydroxyl groups excluding tert-OH is 1. The summed E-state index contributed by atoms with van der Waals surface area (Å²) in [4.78, 5) is 25.3. The molecule has 1 aliphatic heterocycles. The van der Waals surface area contributed by atoms with Gasteiger partial charge in [0.2, 0.25) is 5.91 Å². The number of amides is 1. The van der Waals surface area contributed by atoms with Gasteiger partial charge in [-0.05, 0) is 47.4 Å². The quantitative estimate of drug-likeness (QED) is 0.148. The highest BCUT2D eigenvalue weighted by molar-refractivity contribution is 5.80. The molecule has 0 bridgehead atoms. The minimum absolute atomic E-state index is 0.00947. The van der Waals surface area contributed by atoms with Crippen molar-refractivity contribution in [3.63, 3.8) is 0 Å². The van der Waals surface area contributed by atoms with Gasteiger partial charge in [0.1, 0.15) is 0 Å². The number of carbonyl (C=O) groups is 2. The van der Waals surface area contributed by atoms with Gasteiger partial charge < -0.3 is 25.0 Å². The first kappa shape index (κ1) is 34.0. The fourth-order valence-electron chi connectivity index (χ4n) is 6.03. The minimum Gasteiger partial charge on any atom is -0.481 e. The van der Waals surface area contributed by atoms with Crippen molar-refractivity contribution < 1.29 is 29.3 Å². The SMILES string of the molecule is CC1C(CN(C)C(C)c2ccccc2)OC(c2ccc(-c3ccccc3CNC(=O)CCC(=O)O)cc2)OC1c1ccc(CO)cc1. The van der Waals surface area contributed by atoms with Crippen LogP contribution in [0.3, 0.4) is 0 Å². The van der Waals surface area contributed by atoms with Crippen molar-refractivity contribution in [2.45, 2.75) is 64.4 Å². The van der Waals surface area contributed by atoms with E-state index in [9.17, 15) is 14.7 Å². The molecular formula is C39H44N2O6. The molecule has 4 aromatic rings. The van der Waals surface area contributed by atoms with Crippen LogP contribution in [0.2, 0.25) is 0 Å². The first-order valence-electron chi connectivity index (χ1n) is 16.2. The number of hydrogen-bond donors (Lipinski definition) is 3. The lowest BCUT2D eigenvalue weighted by Gasteiger charge is -2.43. The van der Waals surface area contributed by atoms with Crippen molar-refractivity contribution >= 4 is 11.9 Å². The highest BCUT2D eigenvalue weighted by atomic mass is 16.7. The van der Waals surface area contributed by atoms with Crippen LogP contribution >= 0.6 is 0 Å². The topological polar surface area (TPSA) is 108 Å². The van der Waals surface area contributed by atoms with E-state index in [1.54, 1.807) is 0 Å². The van der Waals surface area contributed by atoms with E-state index in [-0.39, 0.29) is 49.5 Å². The fourth-order valence-corrected chi connectivity index (χ4v) is 6.03. The Morgan fingerprint density at radius 1 is 0.851 bits per heavy atom. The summed E-state index contributed by atoms with van der Waals surface area (Å²) in [7, 11) is 2.13. The van der Waals surface area contributed by atoms with E-state index >= 15 is 0 Å². The lowest BCUT2D eigenvalue weighted by atomic mass is 9.89. The molecule has 0 aliphatic carbocycles. The zero-order chi connectivity index (χ0) is 33.3. The number of hydrogen-bond acceptors (Lipinski definition) is 6. The summed E-state index contributed by atoms with van der Waals surface area (Å²) in [5.74, 6) is -1.22. The van der Waals surface area contributed by atoms with Crippen LogP contribution in [0.5, 0.6) is 0 Å². The van der Waals surface area contributed by atoms with Crippen molar-refractivity contribution in [2.24, 2.45) is 5.92 Å². The summed E-state index contributed by atoms with van der Waals surface area (Å²) in [5.41, 5.74) is 6.95. The molecule has 4 aromatic carbocycles. The largest absolute Gasteiger partial charge is 0.481 e. The van der Waals surface area contributed by atoms with Crippen LogP contribution in [-0.4, -0.2) is 46.7 Å². The smallest absolute Gasteiger partial charge is 0.303 e. The molecule has 0 spiro atoms. The normalized spacial score (nSPS) is 20.1. The molecule has 8 nitrogen and oxygen atoms in total. The lowest BCUT2D eigenvalue weighted by Crippen LogP contribution is -2.44. The Morgan fingerprint density at radius 2 is 1.51 bits per heavy atom. The summed E-state index contributed by atoms with van der Waals surface area (Å²) in [6, 6.07) is 34.6. The van der Waals surface area contributed by atoms with E-state index in [1.165, 1.54) is 5.56 Å². The monoisotopic (exact) mass is 636 g/mol. The van der Waals surface area contributed by atoms with E-state index in [0.29, 0.717) is 13.1 Å². The third-order valence-corrected chi connectivity index (χ3v) is 9.09. The second-order valence-corrected chi connectivity index (χ2v) is 12.3. The second-order valence-electron chi connectivity index (χ2n) is 12.3. The van der Waals surface area contributed by atoms with Crippen molar-refractivity contribution in [1.29, 1.82) is 0 Å². The van der Waals surface area contributed by atoms with Gasteiger partial charge in [0.15, 0.2) is 6.29 Å².